The van der Waals surface area contributed by atoms with E-state index in [1.807, 2.05) is 56.3 Å². The van der Waals surface area contributed by atoms with Gasteiger partial charge < -0.3 is 20.4 Å². The van der Waals surface area contributed by atoms with Crippen LogP contribution in [0.2, 0.25) is 0 Å². The molecule has 8 nitrogen and oxygen atoms in total. The normalized spacial score (nSPS) is 16.2. The highest BCUT2D eigenvalue weighted by molar-refractivity contribution is 6.03. The fraction of sp³-hybridized carbons (Fsp3) is 0.357. The molecule has 0 saturated heterocycles. The van der Waals surface area contributed by atoms with Gasteiger partial charge in [-0.1, -0.05) is 38.1 Å². The van der Waals surface area contributed by atoms with Gasteiger partial charge in [0.2, 0.25) is 11.8 Å². The molecule has 8 heteroatoms. The van der Waals surface area contributed by atoms with Gasteiger partial charge >= 0.3 is 0 Å². The highest BCUT2D eigenvalue weighted by Gasteiger charge is 2.34. The van der Waals surface area contributed by atoms with Crippen molar-refractivity contribution in [1.82, 2.24) is 10.3 Å². The van der Waals surface area contributed by atoms with E-state index in [1.165, 1.54) is 0 Å². The minimum Gasteiger partial charge on any atom is -0.496 e. The molecule has 0 radical (unpaired) electrons. The molecule has 3 atom stereocenters. The Morgan fingerprint density at radius 1 is 1.17 bits per heavy atom. The third-order valence-corrected chi connectivity index (χ3v) is 6.56. The van der Waals surface area contributed by atoms with E-state index in [4.69, 9.17) is 4.74 Å². The minimum absolute atomic E-state index is 0.00402. The number of anilines is 1. The SMILES string of the molecule is COc1cccc2[nH]c(C(=O)C[C@@H](CC(C)C)C(=O)N[C@H](C#N)CC3C(=O)Nc4ccccc43)cc12. The van der Waals surface area contributed by atoms with Gasteiger partial charge in [0, 0.05) is 28.9 Å². The summed E-state index contributed by atoms with van der Waals surface area (Å²) in [6.07, 6.45) is 0.658. The van der Waals surface area contributed by atoms with Gasteiger partial charge in [-0.2, -0.15) is 5.26 Å². The highest BCUT2D eigenvalue weighted by atomic mass is 16.5. The standard InChI is InChI=1S/C28H30N4O4/c1-16(2)11-17(12-25(33)24-14-21-23(31-24)9-6-10-26(21)36-3)27(34)30-18(15-29)13-20-19-7-4-5-8-22(19)32-28(20)35/h4-10,14,16-18,20,31H,11-13H2,1-3H3,(H,30,34)(H,32,35)/t17-,18+,20?/m1/s1. The number of aromatic amines is 1. The Hall–Kier alpha value is -4.12. The molecule has 36 heavy (non-hydrogen) atoms. The summed E-state index contributed by atoms with van der Waals surface area (Å²) in [6.45, 7) is 3.97. The molecule has 4 rings (SSSR count). The number of nitrogens with zero attached hydrogens (tertiary/aromatic N) is 1. The molecule has 3 aromatic rings. The van der Waals surface area contributed by atoms with E-state index >= 15 is 0 Å². The summed E-state index contributed by atoms with van der Waals surface area (Å²) in [5, 5.41) is 16.2. The monoisotopic (exact) mass is 486 g/mol. The molecule has 1 aliphatic rings. The van der Waals surface area contributed by atoms with Crippen LogP contribution in [0, 0.1) is 23.2 Å². The molecule has 0 spiro atoms. The van der Waals surface area contributed by atoms with E-state index in [-0.39, 0.29) is 36.4 Å². The topological polar surface area (TPSA) is 124 Å². The molecule has 3 N–H and O–H groups in total. The molecule has 0 fully saturated rings. The van der Waals surface area contributed by atoms with Crippen molar-refractivity contribution in [2.75, 3.05) is 12.4 Å². The number of benzene rings is 2. The van der Waals surface area contributed by atoms with E-state index in [2.05, 4.69) is 21.7 Å². The van der Waals surface area contributed by atoms with Crippen molar-refractivity contribution in [3.05, 3.63) is 59.8 Å². The number of rotatable bonds is 10. The Kier molecular flexibility index (Phi) is 7.39. The fourth-order valence-electron chi connectivity index (χ4n) is 4.82. The number of methoxy groups -OCH3 is 1. The molecule has 0 saturated carbocycles. The van der Waals surface area contributed by atoms with Crippen molar-refractivity contribution in [3.8, 4) is 11.8 Å². The molecule has 2 heterocycles. The van der Waals surface area contributed by atoms with Crippen LogP contribution < -0.4 is 15.4 Å². The zero-order valence-electron chi connectivity index (χ0n) is 20.6. The Morgan fingerprint density at radius 2 is 1.94 bits per heavy atom. The van der Waals surface area contributed by atoms with Gasteiger partial charge in [-0.15, -0.1) is 0 Å². The number of nitrogens with one attached hydrogen (secondary N) is 3. The van der Waals surface area contributed by atoms with Crippen LogP contribution in [0.1, 0.15) is 55.1 Å². The third kappa shape index (κ3) is 5.25. The number of carbonyl (C=O) groups is 3. The second-order valence-corrected chi connectivity index (χ2v) is 9.61. The third-order valence-electron chi connectivity index (χ3n) is 6.56. The van der Waals surface area contributed by atoms with Crippen molar-refractivity contribution < 1.29 is 19.1 Å². The van der Waals surface area contributed by atoms with Crippen LogP contribution in [0.25, 0.3) is 10.9 Å². The predicted molar refractivity (Wildman–Crippen MR) is 137 cm³/mol. The van der Waals surface area contributed by atoms with Crippen LogP contribution in [0.15, 0.2) is 48.5 Å². The molecule has 1 unspecified atom stereocenters. The van der Waals surface area contributed by atoms with E-state index in [0.717, 1.165) is 22.2 Å². The van der Waals surface area contributed by atoms with Crippen molar-refractivity contribution in [1.29, 1.82) is 5.26 Å². The van der Waals surface area contributed by atoms with Crippen molar-refractivity contribution in [3.63, 3.8) is 0 Å². The molecule has 0 aliphatic carbocycles. The minimum atomic E-state index is -0.860. The lowest BCUT2D eigenvalue weighted by Gasteiger charge is -2.21. The molecule has 1 aliphatic heterocycles. The van der Waals surface area contributed by atoms with Gasteiger partial charge in [0.25, 0.3) is 0 Å². The van der Waals surface area contributed by atoms with Gasteiger partial charge in [-0.05, 0) is 48.6 Å². The summed E-state index contributed by atoms with van der Waals surface area (Å²) in [6, 6.07) is 15.9. The first-order valence-electron chi connectivity index (χ1n) is 12.1. The van der Waals surface area contributed by atoms with Gasteiger partial charge in [-0.25, -0.2) is 0 Å². The van der Waals surface area contributed by atoms with Crippen molar-refractivity contribution in [2.45, 2.75) is 45.1 Å². The summed E-state index contributed by atoms with van der Waals surface area (Å²) in [5.41, 5.74) is 2.74. The van der Waals surface area contributed by atoms with Crippen LogP contribution in [-0.4, -0.2) is 35.7 Å². The summed E-state index contributed by atoms with van der Waals surface area (Å²) in [5.74, 6) is -1.02. The first-order valence-corrected chi connectivity index (χ1v) is 12.1. The number of Topliss-reactive ketones (excluding diaryl/α,β-unsaturated/α-hetero) is 1. The first-order chi connectivity index (χ1) is 17.3. The van der Waals surface area contributed by atoms with Crippen molar-refractivity contribution >= 4 is 34.2 Å². The number of hydrogen-bond donors (Lipinski definition) is 3. The van der Waals surface area contributed by atoms with Gasteiger partial charge in [0.1, 0.15) is 11.8 Å². The number of ketones is 1. The average molecular weight is 487 g/mol. The highest BCUT2D eigenvalue weighted by Crippen LogP contribution is 2.35. The van der Waals surface area contributed by atoms with Crippen LogP contribution in [0.3, 0.4) is 0 Å². The van der Waals surface area contributed by atoms with Crippen LogP contribution in [-0.2, 0) is 9.59 Å². The van der Waals surface area contributed by atoms with E-state index in [1.54, 1.807) is 13.2 Å². The summed E-state index contributed by atoms with van der Waals surface area (Å²) >= 11 is 0. The summed E-state index contributed by atoms with van der Waals surface area (Å²) < 4.78 is 5.38. The number of carbonyl (C=O) groups excluding carboxylic acids is 3. The Morgan fingerprint density at radius 3 is 2.67 bits per heavy atom. The van der Waals surface area contributed by atoms with E-state index in [0.29, 0.717) is 17.9 Å². The van der Waals surface area contributed by atoms with E-state index in [9.17, 15) is 19.6 Å². The summed E-state index contributed by atoms with van der Waals surface area (Å²) in [7, 11) is 1.58. The lowest BCUT2D eigenvalue weighted by Crippen LogP contribution is -2.40. The maximum Gasteiger partial charge on any atom is 0.232 e. The average Bonchev–Trinajstić information content (AvgIpc) is 3.43. The maximum absolute atomic E-state index is 13.2. The number of nitriles is 1. The number of fused-ring (bicyclic) bond motifs is 2. The van der Waals surface area contributed by atoms with E-state index < -0.39 is 17.9 Å². The lowest BCUT2D eigenvalue weighted by atomic mass is 9.89. The van der Waals surface area contributed by atoms with Crippen LogP contribution in [0.5, 0.6) is 5.75 Å². The second kappa shape index (κ2) is 10.6. The molecule has 1 aromatic heterocycles. The molecule has 186 valence electrons. The predicted octanol–water partition coefficient (Wildman–Crippen LogP) is 4.55. The van der Waals surface area contributed by atoms with Crippen LogP contribution >= 0.6 is 0 Å². The Balaban J connectivity index is 1.47. The molecular weight excluding hydrogens is 456 g/mol. The zero-order chi connectivity index (χ0) is 25.8. The lowest BCUT2D eigenvalue weighted by molar-refractivity contribution is -0.126. The quantitative estimate of drug-likeness (QED) is 0.363. The summed E-state index contributed by atoms with van der Waals surface area (Å²) in [4.78, 5) is 42.0. The van der Waals surface area contributed by atoms with Crippen LogP contribution in [0.4, 0.5) is 5.69 Å². The Bertz CT molecular complexity index is 1340. The Labute approximate surface area is 210 Å². The fourth-order valence-corrected chi connectivity index (χ4v) is 4.82. The smallest absolute Gasteiger partial charge is 0.232 e. The molecule has 0 bridgehead atoms. The number of amides is 2. The van der Waals surface area contributed by atoms with Gasteiger partial charge in [0.15, 0.2) is 5.78 Å². The first kappa shape index (κ1) is 25.0. The molecular formula is C28H30N4O4. The molecule has 2 amide bonds. The second-order valence-electron chi connectivity index (χ2n) is 9.61. The number of para-hydroxylation sites is 1. The molecule has 2 aromatic carbocycles. The maximum atomic E-state index is 13.2. The largest absolute Gasteiger partial charge is 0.496 e. The van der Waals surface area contributed by atoms with Gasteiger partial charge in [-0.3, -0.25) is 14.4 Å². The number of H-pyrrole nitrogens is 1. The van der Waals surface area contributed by atoms with Gasteiger partial charge in [0.05, 0.1) is 24.8 Å². The zero-order valence-corrected chi connectivity index (χ0v) is 20.6. The number of hydrogen-bond acceptors (Lipinski definition) is 5. The number of aromatic nitrogens is 1. The number of ether oxygens (including phenoxy) is 1. The van der Waals surface area contributed by atoms with Crippen molar-refractivity contribution in [2.24, 2.45) is 11.8 Å².